The number of carbonyl (C=O) groups excluding carboxylic acids is 1. The minimum absolute atomic E-state index is 0.183. The van der Waals surface area contributed by atoms with Crippen LogP contribution in [-0.2, 0) is 14.8 Å². The van der Waals surface area contributed by atoms with Crippen molar-refractivity contribution in [1.29, 1.82) is 0 Å². The molecule has 1 atom stereocenters. The summed E-state index contributed by atoms with van der Waals surface area (Å²) in [6.07, 6.45) is 3.14. The van der Waals surface area contributed by atoms with Crippen LogP contribution < -0.4 is 4.31 Å². The average molecular weight is 345 g/mol. The van der Waals surface area contributed by atoms with Crippen molar-refractivity contribution in [2.45, 2.75) is 19.8 Å². The molecule has 0 spiro atoms. The van der Waals surface area contributed by atoms with Gasteiger partial charge in [0.2, 0.25) is 15.9 Å². The summed E-state index contributed by atoms with van der Waals surface area (Å²) in [7, 11) is -3.59. The third-order valence-corrected chi connectivity index (χ3v) is 5.26. The molecule has 0 saturated carbocycles. The number of nitrogens with zero attached hydrogens (tertiary/aromatic N) is 2. The maximum atomic E-state index is 12.5. The van der Waals surface area contributed by atoms with Crippen LogP contribution in [-0.4, -0.2) is 45.1 Å². The maximum absolute atomic E-state index is 12.5. The van der Waals surface area contributed by atoms with Crippen molar-refractivity contribution in [1.82, 2.24) is 4.90 Å². The summed E-state index contributed by atoms with van der Waals surface area (Å²) in [4.78, 5) is 14.2. The van der Waals surface area contributed by atoms with E-state index in [1.54, 1.807) is 29.2 Å². The van der Waals surface area contributed by atoms with Gasteiger partial charge in [-0.3, -0.25) is 9.10 Å². The predicted molar refractivity (Wildman–Crippen MR) is 88.6 cm³/mol. The highest BCUT2D eigenvalue weighted by Gasteiger charge is 2.27. The lowest BCUT2D eigenvalue weighted by Gasteiger charge is -2.33. The Kier molecular flexibility index (Phi) is 5.34. The van der Waals surface area contributed by atoms with Gasteiger partial charge in [0, 0.05) is 13.1 Å². The van der Waals surface area contributed by atoms with Crippen molar-refractivity contribution < 1.29 is 13.2 Å². The number of anilines is 1. The quantitative estimate of drug-likeness (QED) is 0.842. The van der Waals surface area contributed by atoms with E-state index in [-0.39, 0.29) is 12.5 Å². The molecule has 0 aromatic heterocycles. The molecule has 1 saturated heterocycles. The van der Waals surface area contributed by atoms with Crippen molar-refractivity contribution in [3.05, 3.63) is 29.3 Å². The van der Waals surface area contributed by atoms with Crippen LogP contribution in [0.3, 0.4) is 0 Å². The van der Waals surface area contributed by atoms with Gasteiger partial charge in [0.15, 0.2) is 0 Å². The average Bonchev–Trinajstić information content (AvgIpc) is 2.44. The molecule has 22 heavy (non-hydrogen) atoms. The Labute approximate surface area is 136 Å². The first kappa shape index (κ1) is 17.1. The fourth-order valence-electron chi connectivity index (χ4n) is 2.67. The summed E-state index contributed by atoms with van der Waals surface area (Å²) in [6.45, 7) is 3.25. The molecule has 1 heterocycles. The monoisotopic (exact) mass is 344 g/mol. The number of hydrogen-bond acceptors (Lipinski definition) is 3. The predicted octanol–water partition coefficient (Wildman–Crippen LogP) is 2.36. The maximum Gasteiger partial charge on any atom is 0.243 e. The third kappa shape index (κ3) is 4.14. The molecule has 1 unspecified atom stereocenters. The van der Waals surface area contributed by atoms with E-state index in [2.05, 4.69) is 6.92 Å². The zero-order chi connectivity index (χ0) is 16.3. The van der Waals surface area contributed by atoms with Crippen LogP contribution in [0.25, 0.3) is 0 Å². The SMILES string of the molecule is CC1CCCN(C(=O)CN(c2ccccc2Cl)S(C)(=O)=O)C1. The van der Waals surface area contributed by atoms with Gasteiger partial charge >= 0.3 is 0 Å². The van der Waals surface area contributed by atoms with E-state index < -0.39 is 10.0 Å². The van der Waals surface area contributed by atoms with Crippen molar-refractivity contribution in [3.63, 3.8) is 0 Å². The molecule has 1 amide bonds. The molecule has 1 aliphatic rings. The van der Waals surface area contributed by atoms with E-state index in [0.29, 0.717) is 29.7 Å². The van der Waals surface area contributed by atoms with Gasteiger partial charge in [-0.05, 0) is 30.9 Å². The molecule has 0 N–H and O–H groups in total. The Balaban J connectivity index is 2.21. The molecule has 1 aromatic carbocycles. The summed E-state index contributed by atoms with van der Waals surface area (Å²) < 4.78 is 25.2. The van der Waals surface area contributed by atoms with Gasteiger partial charge in [-0.25, -0.2) is 8.42 Å². The van der Waals surface area contributed by atoms with Gasteiger partial charge in [-0.2, -0.15) is 0 Å². The Hall–Kier alpha value is -1.27. The largest absolute Gasteiger partial charge is 0.341 e. The van der Waals surface area contributed by atoms with Crippen LogP contribution in [0.5, 0.6) is 0 Å². The number of benzene rings is 1. The topological polar surface area (TPSA) is 57.7 Å². The third-order valence-electron chi connectivity index (χ3n) is 3.81. The molecular weight excluding hydrogens is 324 g/mol. The van der Waals surface area contributed by atoms with Crippen LogP contribution in [0.2, 0.25) is 5.02 Å². The summed E-state index contributed by atoms with van der Waals surface area (Å²) in [5, 5.41) is 0.313. The molecule has 0 aliphatic carbocycles. The second-order valence-corrected chi connectivity index (χ2v) is 8.12. The van der Waals surface area contributed by atoms with Gasteiger partial charge < -0.3 is 4.90 Å². The Bertz CT molecular complexity index is 648. The minimum Gasteiger partial charge on any atom is -0.341 e. The lowest BCUT2D eigenvalue weighted by Crippen LogP contribution is -2.46. The smallest absolute Gasteiger partial charge is 0.243 e. The number of halogens is 1. The fourth-order valence-corrected chi connectivity index (χ4v) is 3.82. The van der Waals surface area contributed by atoms with Gasteiger partial charge in [-0.15, -0.1) is 0 Å². The van der Waals surface area contributed by atoms with Gasteiger partial charge in [0.25, 0.3) is 0 Å². The molecule has 122 valence electrons. The highest BCUT2D eigenvalue weighted by Crippen LogP contribution is 2.27. The Morgan fingerprint density at radius 3 is 2.68 bits per heavy atom. The number of hydrogen-bond donors (Lipinski definition) is 0. The fraction of sp³-hybridized carbons (Fsp3) is 0.533. The van der Waals surface area contributed by atoms with Gasteiger partial charge in [0.05, 0.1) is 17.0 Å². The number of piperidine rings is 1. The van der Waals surface area contributed by atoms with Crippen LogP contribution in [0.1, 0.15) is 19.8 Å². The molecular formula is C15H21ClN2O3S. The second-order valence-electron chi connectivity index (χ2n) is 5.81. The number of para-hydroxylation sites is 1. The van der Waals surface area contributed by atoms with Crippen molar-refractivity contribution in [2.75, 3.05) is 30.2 Å². The second kappa shape index (κ2) is 6.87. The normalized spacial score (nSPS) is 19.0. The van der Waals surface area contributed by atoms with E-state index in [1.165, 1.54) is 0 Å². The van der Waals surface area contributed by atoms with Crippen LogP contribution in [0.15, 0.2) is 24.3 Å². The van der Waals surface area contributed by atoms with Crippen LogP contribution >= 0.6 is 11.6 Å². The number of rotatable bonds is 4. The first-order chi connectivity index (χ1) is 10.3. The summed E-state index contributed by atoms with van der Waals surface area (Å²) in [5.41, 5.74) is 0.338. The first-order valence-electron chi connectivity index (χ1n) is 7.29. The van der Waals surface area contributed by atoms with Crippen molar-refractivity contribution in [2.24, 2.45) is 5.92 Å². The lowest BCUT2D eigenvalue weighted by molar-refractivity contribution is -0.131. The summed E-state index contributed by atoms with van der Waals surface area (Å²) in [5.74, 6) is 0.265. The van der Waals surface area contributed by atoms with Crippen molar-refractivity contribution >= 4 is 33.2 Å². The molecule has 2 rings (SSSR count). The van der Waals surface area contributed by atoms with E-state index in [0.717, 1.165) is 23.4 Å². The highest BCUT2D eigenvalue weighted by atomic mass is 35.5. The number of amides is 1. The van der Waals surface area contributed by atoms with E-state index in [1.807, 2.05) is 0 Å². The molecule has 7 heteroatoms. The standard InChI is InChI=1S/C15H21ClN2O3S/c1-12-6-5-9-17(10-12)15(19)11-18(22(2,20)21)14-8-4-3-7-13(14)16/h3-4,7-8,12H,5-6,9-11H2,1-2H3. The molecule has 1 fully saturated rings. The zero-order valence-electron chi connectivity index (χ0n) is 12.8. The van der Waals surface area contributed by atoms with E-state index >= 15 is 0 Å². The van der Waals surface area contributed by atoms with Crippen molar-refractivity contribution in [3.8, 4) is 0 Å². The van der Waals surface area contributed by atoms with Crippen LogP contribution in [0, 0.1) is 5.92 Å². The summed E-state index contributed by atoms with van der Waals surface area (Å²) >= 11 is 6.09. The molecule has 1 aliphatic heterocycles. The zero-order valence-corrected chi connectivity index (χ0v) is 14.4. The molecule has 0 bridgehead atoms. The Morgan fingerprint density at radius 1 is 1.41 bits per heavy atom. The molecule has 0 radical (unpaired) electrons. The number of carbonyl (C=O) groups is 1. The van der Waals surface area contributed by atoms with E-state index in [9.17, 15) is 13.2 Å². The summed E-state index contributed by atoms with van der Waals surface area (Å²) in [6, 6.07) is 6.64. The Morgan fingerprint density at radius 2 is 2.09 bits per heavy atom. The highest BCUT2D eigenvalue weighted by molar-refractivity contribution is 7.92. The van der Waals surface area contributed by atoms with Gasteiger partial charge in [-0.1, -0.05) is 30.7 Å². The van der Waals surface area contributed by atoms with Crippen LogP contribution in [0.4, 0.5) is 5.69 Å². The lowest BCUT2D eigenvalue weighted by atomic mass is 10.0. The van der Waals surface area contributed by atoms with Gasteiger partial charge in [0.1, 0.15) is 6.54 Å². The molecule has 1 aromatic rings. The van der Waals surface area contributed by atoms with E-state index in [4.69, 9.17) is 11.6 Å². The first-order valence-corrected chi connectivity index (χ1v) is 9.51. The number of sulfonamides is 1. The molecule has 5 nitrogen and oxygen atoms in total. The minimum atomic E-state index is -3.59. The number of likely N-dealkylation sites (tertiary alicyclic amines) is 1.